The van der Waals surface area contributed by atoms with Crippen molar-refractivity contribution in [3.8, 4) is 0 Å². The van der Waals surface area contributed by atoms with Crippen molar-refractivity contribution in [2.24, 2.45) is 18.1 Å². The molecule has 2 N–H and O–H groups in total. The Morgan fingerprint density at radius 2 is 2.00 bits per heavy atom. The molecule has 1 heterocycles. The van der Waals surface area contributed by atoms with Crippen LogP contribution in [-0.4, -0.2) is 27.3 Å². The fourth-order valence-electron chi connectivity index (χ4n) is 3.39. The third kappa shape index (κ3) is 4.42. The predicted molar refractivity (Wildman–Crippen MR) is 110 cm³/mol. The molecule has 0 bridgehead atoms. The zero-order valence-corrected chi connectivity index (χ0v) is 17.0. The summed E-state index contributed by atoms with van der Waals surface area (Å²) in [5.41, 5.74) is 5.49. The number of hydrazone groups is 1. The average molecular weight is 402 g/mol. The Morgan fingerprint density at radius 3 is 2.64 bits per heavy atom. The Bertz CT molecular complexity index is 929. The minimum atomic E-state index is -0.432. The first kappa shape index (κ1) is 20.1. The van der Waals surface area contributed by atoms with E-state index in [1.165, 1.54) is 4.68 Å². The molecule has 2 aromatic rings. The van der Waals surface area contributed by atoms with Crippen molar-refractivity contribution < 1.29 is 9.59 Å². The molecule has 1 fully saturated rings. The molecule has 28 heavy (non-hydrogen) atoms. The molecule has 148 valence electrons. The third-order valence-electron chi connectivity index (χ3n) is 4.96. The lowest BCUT2D eigenvalue weighted by atomic mass is 10.1. The lowest BCUT2D eigenvalue weighted by Gasteiger charge is -2.11. The van der Waals surface area contributed by atoms with E-state index in [-0.39, 0.29) is 17.5 Å². The summed E-state index contributed by atoms with van der Waals surface area (Å²) in [6.45, 7) is 3.52. The van der Waals surface area contributed by atoms with Gasteiger partial charge in [-0.15, -0.1) is 0 Å². The summed E-state index contributed by atoms with van der Waals surface area (Å²) in [6.07, 6.45) is 4.13. The van der Waals surface area contributed by atoms with E-state index >= 15 is 0 Å². The first-order valence-corrected chi connectivity index (χ1v) is 9.69. The van der Waals surface area contributed by atoms with Crippen molar-refractivity contribution >= 4 is 34.8 Å². The number of amides is 2. The molecule has 1 aromatic heterocycles. The molecule has 1 aromatic carbocycles. The first-order valence-electron chi connectivity index (χ1n) is 9.32. The zero-order chi connectivity index (χ0) is 20.3. The summed E-state index contributed by atoms with van der Waals surface area (Å²) in [7, 11) is 1.65. The van der Waals surface area contributed by atoms with Crippen LogP contribution >= 0.6 is 11.6 Å². The highest BCUT2D eigenvalue weighted by Gasteiger charge is 2.22. The molecule has 3 rings (SSSR count). The number of hydrogen-bond donors (Lipinski definition) is 2. The minimum absolute atomic E-state index is 0.0683. The second-order valence-corrected chi connectivity index (χ2v) is 7.44. The average Bonchev–Trinajstić information content (AvgIpc) is 3.28. The van der Waals surface area contributed by atoms with E-state index in [1.807, 2.05) is 24.3 Å². The van der Waals surface area contributed by atoms with E-state index in [1.54, 1.807) is 20.9 Å². The number of rotatable bonds is 5. The highest BCUT2D eigenvalue weighted by Crippen LogP contribution is 2.26. The monoisotopic (exact) mass is 401 g/mol. The van der Waals surface area contributed by atoms with E-state index < -0.39 is 5.91 Å². The first-order chi connectivity index (χ1) is 13.4. The van der Waals surface area contributed by atoms with Gasteiger partial charge < -0.3 is 5.32 Å². The van der Waals surface area contributed by atoms with Crippen molar-refractivity contribution in [2.45, 2.75) is 39.5 Å². The van der Waals surface area contributed by atoms with Gasteiger partial charge in [0.15, 0.2) is 0 Å². The number of carbonyl (C=O) groups is 2. The second-order valence-electron chi connectivity index (χ2n) is 7.06. The molecule has 0 atom stereocenters. The van der Waals surface area contributed by atoms with Gasteiger partial charge in [-0.1, -0.05) is 36.6 Å². The van der Waals surface area contributed by atoms with Crippen LogP contribution in [0.15, 0.2) is 29.4 Å². The Labute approximate surface area is 169 Å². The normalized spacial score (nSPS) is 14.9. The van der Waals surface area contributed by atoms with Crippen molar-refractivity contribution in [1.29, 1.82) is 0 Å². The Morgan fingerprint density at radius 1 is 1.29 bits per heavy atom. The molecule has 1 saturated carbocycles. The van der Waals surface area contributed by atoms with Gasteiger partial charge in [-0.25, -0.2) is 5.43 Å². The van der Waals surface area contributed by atoms with Gasteiger partial charge in [0.05, 0.1) is 16.4 Å². The number of benzene rings is 1. The summed E-state index contributed by atoms with van der Waals surface area (Å²) >= 11 is 6.13. The Kier molecular flexibility index (Phi) is 6.14. The lowest BCUT2D eigenvalue weighted by Crippen LogP contribution is -2.22. The van der Waals surface area contributed by atoms with Crippen LogP contribution in [0.1, 0.15) is 54.4 Å². The van der Waals surface area contributed by atoms with E-state index in [2.05, 4.69) is 20.9 Å². The van der Waals surface area contributed by atoms with Crippen molar-refractivity contribution in [3.63, 3.8) is 0 Å². The molecule has 0 radical (unpaired) electrons. The number of hydrogen-bond acceptors (Lipinski definition) is 4. The van der Waals surface area contributed by atoms with Crippen molar-refractivity contribution in [3.05, 3.63) is 46.2 Å². The summed E-state index contributed by atoms with van der Waals surface area (Å²) in [4.78, 5) is 24.7. The molecule has 0 aliphatic heterocycles. The summed E-state index contributed by atoms with van der Waals surface area (Å²) in [5, 5.41) is 11.6. The molecule has 1 aliphatic carbocycles. The second kappa shape index (κ2) is 8.56. The molecule has 2 amide bonds. The van der Waals surface area contributed by atoms with Crippen LogP contribution in [0.2, 0.25) is 5.02 Å². The van der Waals surface area contributed by atoms with Gasteiger partial charge in [0.25, 0.3) is 5.91 Å². The van der Waals surface area contributed by atoms with E-state index in [4.69, 9.17) is 11.6 Å². The minimum Gasteiger partial charge on any atom is -0.326 e. The standard InChI is InChI=1S/C20H24ClN5O2/c1-12(23-24-20(28)18-17(21)13(2)25-26(18)3)15-9-6-10-16(11-15)22-19(27)14-7-4-5-8-14/h6,9-11,14H,4-5,7-8H2,1-3H3,(H,22,27)(H,24,28). The number of aryl methyl sites for hydroxylation is 2. The van der Waals surface area contributed by atoms with Crippen molar-refractivity contribution in [1.82, 2.24) is 15.2 Å². The number of anilines is 1. The van der Waals surface area contributed by atoms with Crippen molar-refractivity contribution in [2.75, 3.05) is 5.32 Å². The van der Waals surface area contributed by atoms with Gasteiger partial charge in [0, 0.05) is 18.7 Å². The smallest absolute Gasteiger partial charge is 0.291 e. The molecule has 0 spiro atoms. The van der Waals surface area contributed by atoms with Crippen LogP contribution in [0.4, 0.5) is 5.69 Å². The zero-order valence-electron chi connectivity index (χ0n) is 16.3. The molecular weight excluding hydrogens is 378 g/mol. The van der Waals surface area contributed by atoms with Gasteiger partial charge in [0.1, 0.15) is 5.69 Å². The van der Waals surface area contributed by atoms with E-state index in [9.17, 15) is 9.59 Å². The Hall–Kier alpha value is -2.67. The number of carbonyl (C=O) groups excluding carboxylic acids is 2. The highest BCUT2D eigenvalue weighted by molar-refractivity contribution is 6.34. The van der Waals surface area contributed by atoms with E-state index in [0.717, 1.165) is 36.9 Å². The summed E-state index contributed by atoms with van der Waals surface area (Å²) in [6, 6.07) is 7.42. The van der Waals surface area contributed by atoms with Crippen LogP contribution in [0.5, 0.6) is 0 Å². The molecule has 0 unspecified atom stereocenters. The quantitative estimate of drug-likeness (QED) is 0.591. The van der Waals surface area contributed by atoms with Gasteiger partial charge in [-0.2, -0.15) is 10.2 Å². The largest absolute Gasteiger partial charge is 0.326 e. The summed E-state index contributed by atoms with van der Waals surface area (Å²) in [5.74, 6) is -0.262. The number of nitrogens with zero attached hydrogens (tertiary/aromatic N) is 3. The van der Waals surface area contributed by atoms with Gasteiger partial charge in [-0.3, -0.25) is 14.3 Å². The van der Waals surface area contributed by atoms with Crippen LogP contribution in [0.3, 0.4) is 0 Å². The molecule has 8 heteroatoms. The molecule has 7 nitrogen and oxygen atoms in total. The van der Waals surface area contributed by atoms with Crippen LogP contribution in [0, 0.1) is 12.8 Å². The highest BCUT2D eigenvalue weighted by atomic mass is 35.5. The fourth-order valence-corrected chi connectivity index (χ4v) is 3.63. The van der Waals surface area contributed by atoms with Gasteiger partial charge >= 0.3 is 0 Å². The number of aromatic nitrogens is 2. The number of nitrogens with one attached hydrogen (secondary N) is 2. The fraction of sp³-hybridized carbons (Fsp3) is 0.400. The maximum absolute atomic E-state index is 12.4. The van der Waals surface area contributed by atoms with Crippen LogP contribution < -0.4 is 10.7 Å². The molecule has 0 saturated heterocycles. The maximum Gasteiger partial charge on any atom is 0.291 e. The maximum atomic E-state index is 12.4. The lowest BCUT2D eigenvalue weighted by molar-refractivity contribution is -0.119. The molecular formula is C20H24ClN5O2. The number of halogens is 1. The van der Waals surface area contributed by atoms with Gasteiger partial charge in [0.2, 0.25) is 5.91 Å². The van der Waals surface area contributed by atoms with Gasteiger partial charge in [-0.05, 0) is 44.4 Å². The SMILES string of the molecule is CC(=NNC(=O)c1c(Cl)c(C)nn1C)c1cccc(NC(=O)C2CCCC2)c1. The van der Waals surface area contributed by atoms with Crippen LogP contribution in [-0.2, 0) is 11.8 Å². The summed E-state index contributed by atoms with van der Waals surface area (Å²) < 4.78 is 1.43. The Balaban J connectivity index is 1.68. The molecule has 1 aliphatic rings. The third-order valence-corrected chi connectivity index (χ3v) is 5.42. The topological polar surface area (TPSA) is 88.4 Å². The van der Waals surface area contributed by atoms with Crippen LogP contribution in [0.25, 0.3) is 0 Å². The predicted octanol–water partition coefficient (Wildman–Crippen LogP) is 3.66. The van der Waals surface area contributed by atoms with E-state index in [0.29, 0.717) is 16.4 Å².